The van der Waals surface area contributed by atoms with E-state index >= 15 is 0 Å². The molecule has 3 rings (SSSR count). The maximum absolute atomic E-state index is 5.50. The second-order valence-corrected chi connectivity index (χ2v) is 6.95. The van der Waals surface area contributed by atoms with Crippen molar-refractivity contribution in [2.45, 2.75) is 36.7 Å². The van der Waals surface area contributed by atoms with Gasteiger partial charge in [0.05, 0.1) is 25.9 Å². The van der Waals surface area contributed by atoms with Gasteiger partial charge in [0.15, 0.2) is 5.17 Å². The van der Waals surface area contributed by atoms with Gasteiger partial charge in [-0.3, -0.25) is 9.89 Å². The highest BCUT2D eigenvalue weighted by atomic mass is 32.2. The molecule has 0 aromatic rings. The molecule has 3 unspecified atom stereocenters. The number of fused-ring (bicyclic) bond motifs is 1. The third kappa shape index (κ3) is 3.67. The van der Waals surface area contributed by atoms with E-state index in [1.165, 1.54) is 12.8 Å². The number of nitrogens with one attached hydrogen (secondary N) is 1. The minimum atomic E-state index is 0.443. The molecule has 0 spiro atoms. The van der Waals surface area contributed by atoms with E-state index in [1.807, 2.05) is 18.9 Å². The van der Waals surface area contributed by atoms with Crippen molar-refractivity contribution >= 4 is 16.9 Å². The van der Waals surface area contributed by atoms with Crippen molar-refractivity contribution in [2.24, 2.45) is 4.99 Å². The van der Waals surface area contributed by atoms with E-state index in [0.717, 1.165) is 51.0 Å². The molecule has 0 amide bonds. The zero-order valence-corrected chi connectivity index (χ0v) is 13.0. The van der Waals surface area contributed by atoms with Crippen molar-refractivity contribution in [3.8, 4) is 0 Å². The smallest absolute Gasteiger partial charge is 0.157 e. The predicted octanol–water partition coefficient (Wildman–Crippen LogP) is 0.947. The predicted molar refractivity (Wildman–Crippen MR) is 82.5 cm³/mol. The zero-order valence-electron chi connectivity index (χ0n) is 12.2. The number of methoxy groups -OCH3 is 1. The van der Waals surface area contributed by atoms with Crippen LogP contribution in [0.2, 0.25) is 0 Å². The molecule has 2 heterocycles. The Hall–Kier alpha value is -0.300. The molecule has 3 aliphatic rings. The van der Waals surface area contributed by atoms with Crippen molar-refractivity contribution in [3.05, 3.63) is 0 Å². The Morgan fingerprint density at radius 2 is 2.25 bits per heavy atom. The largest absolute Gasteiger partial charge is 0.381 e. The molecule has 114 valence electrons. The highest BCUT2D eigenvalue weighted by molar-refractivity contribution is 8.14. The molecule has 2 saturated heterocycles. The van der Waals surface area contributed by atoms with Crippen molar-refractivity contribution in [3.63, 3.8) is 0 Å². The Morgan fingerprint density at radius 1 is 1.40 bits per heavy atom. The third-order valence-electron chi connectivity index (χ3n) is 4.42. The summed E-state index contributed by atoms with van der Waals surface area (Å²) in [7, 11) is 1.83. The number of amidine groups is 1. The van der Waals surface area contributed by atoms with Gasteiger partial charge in [0.2, 0.25) is 0 Å². The summed E-state index contributed by atoms with van der Waals surface area (Å²) in [6, 6.07) is 0.605. The molecular formula is C14H25N3O2S. The van der Waals surface area contributed by atoms with Gasteiger partial charge in [-0.15, -0.1) is 0 Å². The van der Waals surface area contributed by atoms with Crippen molar-refractivity contribution < 1.29 is 9.47 Å². The number of hydrogen-bond acceptors (Lipinski definition) is 5. The number of nitrogens with zero attached hydrogens (tertiary/aromatic N) is 2. The number of rotatable bonds is 4. The van der Waals surface area contributed by atoms with Gasteiger partial charge in [-0.25, -0.2) is 0 Å². The quantitative estimate of drug-likeness (QED) is 0.837. The Morgan fingerprint density at radius 3 is 3.05 bits per heavy atom. The Kier molecular flexibility index (Phi) is 5.20. The molecule has 3 atom stereocenters. The van der Waals surface area contributed by atoms with Crippen LogP contribution in [-0.4, -0.2) is 74.0 Å². The summed E-state index contributed by atoms with van der Waals surface area (Å²) in [4.78, 5) is 7.17. The average Bonchev–Trinajstić information content (AvgIpc) is 2.90. The first-order chi connectivity index (χ1) is 9.85. The van der Waals surface area contributed by atoms with Crippen LogP contribution in [0.25, 0.3) is 0 Å². The van der Waals surface area contributed by atoms with E-state index in [2.05, 4.69) is 10.2 Å². The fourth-order valence-corrected chi connectivity index (χ4v) is 4.49. The molecule has 1 N–H and O–H groups in total. The third-order valence-corrected chi connectivity index (χ3v) is 5.72. The first-order valence-electron chi connectivity index (χ1n) is 7.65. The van der Waals surface area contributed by atoms with Crippen LogP contribution in [0, 0.1) is 0 Å². The molecule has 0 aromatic carbocycles. The SMILES string of the molecule is COC1CCC2NC(=NCCN3CCOCC3)SC2C1. The van der Waals surface area contributed by atoms with Gasteiger partial charge < -0.3 is 14.8 Å². The lowest BCUT2D eigenvalue weighted by Gasteiger charge is -2.29. The summed E-state index contributed by atoms with van der Waals surface area (Å²) >= 11 is 1.92. The fraction of sp³-hybridized carbons (Fsp3) is 0.929. The van der Waals surface area contributed by atoms with Gasteiger partial charge in [0.1, 0.15) is 0 Å². The molecule has 0 bridgehead atoms. The van der Waals surface area contributed by atoms with Gasteiger partial charge in [0, 0.05) is 38.0 Å². The van der Waals surface area contributed by atoms with Crippen LogP contribution in [0.4, 0.5) is 0 Å². The molecule has 0 radical (unpaired) electrons. The van der Waals surface area contributed by atoms with Gasteiger partial charge >= 0.3 is 0 Å². The molecule has 6 heteroatoms. The van der Waals surface area contributed by atoms with Gasteiger partial charge in [-0.1, -0.05) is 11.8 Å². The molecule has 5 nitrogen and oxygen atoms in total. The summed E-state index contributed by atoms with van der Waals surface area (Å²) in [6.07, 6.45) is 3.98. The Bertz CT molecular complexity index is 347. The van der Waals surface area contributed by atoms with Gasteiger partial charge in [0.25, 0.3) is 0 Å². The van der Waals surface area contributed by atoms with Gasteiger partial charge in [-0.05, 0) is 19.3 Å². The van der Waals surface area contributed by atoms with Crippen LogP contribution in [-0.2, 0) is 9.47 Å². The van der Waals surface area contributed by atoms with Gasteiger partial charge in [-0.2, -0.15) is 0 Å². The first kappa shape index (κ1) is 14.6. The summed E-state index contributed by atoms with van der Waals surface area (Å²) in [5.41, 5.74) is 0. The van der Waals surface area contributed by atoms with Crippen LogP contribution in [0.1, 0.15) is 19.3 Å². The molecule has 0 aromatic heterocycles. The number of hydrogen-bond donors (Lipinski definition) is 1. The fourth-order valence-electron chi connectivity index (χ4n) is 3.14. The maximum atomic E-state index is 5.50. The van der Waals surface area contributed by atoms with Crippen LogP contribution >= 0.6 is 11.8 Å². The van der Waals surface area contributed by atoms with E-state index in [4.69, 9.17) is 14.5 Å². The molecule has 3 fully saturated rings. The second-order valence-electron chi connectivity index (χ2n) is 5.72. The molecule has 1 saturated carbocycles. The highest BCUT2D eigenvalue weighted by Crippen LogP contribution is 2.35. The van der Waals surface area contributed by atoms with Crippen LogP contribution in [0.15, 0.2) is 4.99 Å². The van der Waals surface area contributed by atoms with E-state index in [0.29, 0.717) is 17.4 Å². The topological polar surface area (TPSA) is 46.1 Å². The number of thioether (sulfide) groups is 1. The lowest BCUT2D eigenvalue weighted by molar-refractivity contribution is 0.0394. The number of ether oxygens (including phenoxy) is 2. The molecule has 20 heavy (non-hydrogen) atoms. The lowest BCUT2D eigenvalue weighted by atomic mass is 9.93. The second kappa shape index (κ2) is 7.11. The van der Waals surface area contributed by atoms with E-state index in [9.17, 15) is 0 Å². The highest BCUT2D eigenvalue weighted by Gasteiger charge is 2.37. The Balaban J connectivity index is 1.43. The monoisotopic (exact) mass is 299 g/mol. The maximum Gasteiger partial charge on any atom is 0.157 e. The summed E-state index contributed by atoms with van der Waals surface area (Å²) in [5.74, 6) is 0. The van der Waals surface area contributed by atoms with Crippen LogP contribution in [0.5, 0.6) is 0 Å². The van der Waals surface area contributed by atoms with Crippen molar-refractivity contribution in [2.75, 3.05) is 46.5 Å². The Labute approximate surface area is 125 Å². The minimum absolute atomic E-state index is 0.443. The lowest BCUT2D eigenvalue weighted by Crippen LogP contribution is -2.39. The van der Waals surface area contributed by atoms with E-state index < -0.39 is 0 Å². The summed E-state index contributed by atoms with van der Waals surface area (Å²) < 4.78 is 10.9. The zero-order chi connectivity index (χ0) is 13.8. The van der Waals surface area contributed by atoms with E-state index in [-0.39, 0.29) is 0 Å². The standard InChI is InChI=1S/C14H25N3O2S/c1-18-11-2-3-12-13(10-11)20-14(16-12)15-4-5-17-6-8-19-9-7-17/h11-13H,2-10H2,1H3,(H,15,16). The van der Waals surface area contributed by atoms with E-state index in [1.54, 1.807) is 0 Å². The number of morpholine rings is 1. The normalized spacial score (nSPS) is 36.9. The molecule has 2 aliphatic heterocycles. The molecule has 1 aliphatic carbocycles. The van der Waals surface area contributed by atoms with Crippen molar-refractivity contribution in [1.82, 2.24) is 10.2 Å². The van der Waals surface area contributed by atoms with Crippen LogP contribution < -0.4 is 5.32 Å². The summed E-state index contributed by atoms with van der Waals surface area (Å²) in [5, 5.41) is 5.38. The molecular weight excluding hydrogens is 274 g/mol. The van der Waals surface area contributed by atoms with Crippen molar-refractivity contribution in [1.29, 1.82) is 0 Å². The average molecular weight is 299 g/mol. The number of aliphatic imine (C=N–C) groups is 1. The first-order valence-corrected chi connectivity index (χ1v) is 8.53. The van der Waals surface area contributed by atoms with Crippen LogP contribution in [0.3, 0.4) is 0 Å². The minimum Gasteiger partial charge on any atom is -0.381 e. The summed E-state index contributed by atoms with van der Waals surface area (Å²) in [6.45, 7) is 5.77.